The smallest absolute Gasteiger partial charge is 0.0489 e. The predicted molar refractivity (Wildman–Crippen MR) is 36.0 cm³/mol. The zero-order valence-corrected chi connectivity index (χ0v) is 5.72. The van der Waals surface area contributed by atoms with Crippen molar-refractivity contribution in [3.8, 4) is 0 Å². The Morgan fingerprint density at radius 1 is 1.89 bits per heavy atom. The van der Waals surface area contributed by atoms with Gasteiger partial charge in [0.15, 0.2) is 0 Å². The minimum atomic E-state index is -0.200. The van der Waals surface area contributed by atoms with Crippen molar-refractivity contribution >= 4 is 0 Å². The zero-order chi connectivity index (χ0) is 6.91. The van der Waals surface area contributed by atoms with Crippen molar-refractivity contribution in [3.05, 3.63) is 0 Å². The van der Waals surface area contributed by atoms with Gasteiger partial charge in [0.25, 0.3) is 0 Å². The maximum atomic E-state index is 8.78. The Hall–Kier alpha value is -0.120. The molecule has 0 radical (unpaired) electrons. The molecule has 1 aliphatic heterocycles. The monoisotopic (exact) mass is 130 g/mol. The topological polar surface area (TPSA) is 58.3 Å². The van der Waals surface area contributed by atoms with E-state index in [9.17, 15) is 0 Å². The Bertz CT molecular complexity index is 103. The molecule has 9 heavy (non-hydrogen) atoms. The van der Waals surface area contributed by atoms with Crippen LogP contribution in [-0.2, 0) is 0 Å². The number of hydrogen-bond acceptors (Lipinski definition) is 3. The van der Waals surface area contributed by atoms with Crippen LogP contribution in [0.25, 0.3) is 0 Å². The first-order valence-corrected chi connectivity index (χ1v) is 3.27. The summed E-state index contributed by atoms with van der Waals surface area (Å²) in [5.41, 5.74) is 5.61. The molecule has 54 valence electrons. The van der Waals surface area contributed by atoms with E-state index < -0.39 is 0 Å². The molecule has 0 spiro atoms. The van der Waals surface area contributed by atoms with Crippen molar-refractivity contribution in [3.63, 3.8) is 0 Å². The molecule has 1 heterocycles. The SMILES string of the molecule is CC1(N)CNCC1CO. The molecule has 1 aliphatic rings. The molecule has 0 aromatic heterocycles. The fourth-order valence-corrected chi connectivity index (χ4v) is 1.17. The van der Waals surface area contributed by atoms with Crippen LogP contribution in [0, 0.1) is 5.92 Å². The summed E-state index contributed by atoms with van der Waals surface area (Å²) >= 11 is 0. The second kappa shape index (κ2) is 2.25. The van der Waals surface area contributed by atoms with Crippen LogP contribution in [0.4, 0.5) is 0 Å². The number of nitrogens with one attached hydrogen (secondary N) is 1. The van der Waals surface area contributed by atoms with Gasteiger partial charge in [-0.1, -0.05) is 0 Å². The van der Waals surface area contributed by atoms with E-state index in [0.29, 0.717) is 0 Å². The lowest BCUT2D eigenvalue weighted by molar-refractivity contribution is 0.195. The summed E-state index contributed by atoms with van der Waals surface area (Å²) in [6.45, 7) is 3.83. The van der Waals surface area contributed by atoms with Crippen molar-refractivity contribution < 1.29 is 5.11 Å². The Morgan fingerprint density at radius 3 is 2.78 bits per heavy atom. The second-order valence-electron chi connectivity index (χ2n) is 3.02. The van der Waals surface area contributed by atoms with Gasteiger partial charge in [-0.3, -0.25) is 0 Å². The van der Waals surface area contributed by atoms with Crippen molar-refractivity contribution in [2.45, 2.75) is 12.5 Å². The highest BCUT2D eigenvalue weighted by atomic mass is 16.3. The third-order valence-corrected chi connectivity index (χ3v) is 2.05. The lowest BCUT2D eigenvalue weighted by Crippen LogP contribution is -2.45. The van der Waals surface area contributed by atoms with Crippen molar-refractivity contribution in [1.29, 1.82) is 0 Å². The Morgan fingerprint density at radius 2 is 2.56 bits per heavy atom. The van der Waals surface area contributed by atoms with E-state index in [2.05, 4.69) is 5.32 Å². The first kappa shape index (κ1) is 6.99. The fourth-order valence-electron chi connectivity index (χ4n) is 1.17. The minimum absolute atomic E-state index is 0.194. The molecule has 3 heteroatoms. The van der Waals surface area contributed by atoms with Gasteiger partial charge in [0.05, 0.1) is 0 Å². The van der Waals surface area contributed by atoms with E-state index in [1.165, 1.54) is 0 Å². The number of aliphatic hydroxyl groups excluding tert-OH is 1. The Balaban J connectivity index is 2.52. The van der Waals surface area contributed by atoms with Gasteiger partial charge in [-0.15, -0.1) is 0 Å². The summed E-state index contributed by atoms with van der Waals surface area (Å²) in [6, 6.07) is 0. The summed E-state index contributed by atoms with van der Waals surface area (Å²) in [5.74, 6) is 0.234. The van der Waals surface area contributed by atoms with Crippen LogP contribution in [0.15, 0.2) is 0 Å². The maximum absolute atomic E-state index is 8.78. The highest BCUT2D eigenvalue weighted by Crippen LogP contribution is 2.16. The standard InChI is InChI=1S/C6H14N2O/c1-6(7)4-8-2-5(6)3-9/h5,8-9H,2-4,7H2,1H3. The van der Waals surface area contributed by atoms with Crippen LogP contribution in [0.1, 0.15) is 6.92 Å². The number of hydrogen-bond donors (Lipinski definition) is 3. The molecule has 2 atom stereocenters. The highest BCUT2D eigenvalue weighted by molar-refractivity contribution is 4.95. The minimum Gasteiger partial charge on any atom is -0.396 e. The molecule has 0 aromatic rings. The van der Waals surface area contributed by atoms with Gasteiger partial charge in [0, 0.05) is 31.2 Å². The molecule has 3 nitrogen and oxygen atoms in total. The fraction of sp³-hybridized carbons (Fsp3) is 1.00. The van der Waals surface area contributed by atoms with Crippen LogP contribution in [0.3, 0.4) is 0 Å². The lowest BCUT2D eigenvalue weighted by Gasteiger charge is -2.23. The van der Waals surface area contributed by atoms with E-state index in [1.807, 2.05) is 6.92 Å². The van der Waals surface area contributed by atoms with Crippen LogP contribution < -0.4 is 11.1 Å². The van der Waals surface area contributed by atoms with E-state index in [1.54, 1.807) is 0 Å². The molecule has 1 saturated heterocycles. The first-order valence-electron chi connectivity index (χ1n) is 3.27. The Labute approximate surface area is 55.2 Å². The van der Waals surface area contributed by atoms with Gasteiger partial charge in [-0.05, 0) is 6.92 Å². The molecule has 0 saturated carbocycles. The van der Waals surface area contributed by atoms with Gasteiger partial charge in [0.2, 0.25) is 0 Å². The first-order chi connectivity index (χ1) is 4.17. The van der Waals surface area contributed by atoms with Crippen LogP contribution in [0.2, 0.25) is 0 Å². The molecule has 2 unspecified atom stereocenters. The van der Waals surface area contributed by atoms with Crippen molar-refractivity contribution in [1.82, 2.24) is 5.32 Å². The molecule has 0 amide bonds. The number of nitrogens with two attached hydrogens (primary N) is 1. The van der Waals surface area contributed by atoms with E-state index in [4.69, 9.17) is 10.8 Å². The zero-order valence-electron chi connectivity index (χ0n) is 5.72. The van der Waals surface area contributed by atoms with Gasteiger partial charge >= 0.3 is 0 Å². The molecule has 1 fully saturated rings. The van der Waals surface area contributed by atoms with Gasteiger partial charge in [-0.2, -0.15) is 0 Å². The van der Waals surface area contributed by atoms with Gasteiger partial charge in [0.1, 0.15) is 0 Å². The average Bonchev–Trinajstić information content (AvgIpc) is 2.08. The molecular formula is C6H14N2O. The molecular weight excluding hydrogens is 116 g/mol. The summed E-state index contributed by atoms with van der Waals surface area (Å²) in [4.78, 5) is 0. The molecule has 0 aromatic carbocycles. The normalized spacial score (nSPS) is 43.7. The van der Waals surface area contributed by atoms with Crippen molar-refractivity contribution in [2.75, 3.05) is 19.7 Å². The van der Waals surface area contributed by atoms with E-state index in [0.717, 1.165) is 13.1 Å². The predicted octanol–water partition coefficient (Wildman–Crippen LogP) is -1.08. The largest absolute Gasteiger partial charge is 0.396 e. The maximum Gasteiger partial charge on any atom is 0.0489 e. The lowest BCUT2D eigenvalue weighted by atomic mass is 9.91. The Kier molecular flexibility index (Phi) is 1.75. The van der Waals surface area contributed by atoms with Crippen LogP contribution >= 0.6 is 0 Å². The van der Waals surface area contributed by atoms with Crippen LogP contribution in [0.5, 0.6) is 0 Å². The van der Waals surface area contributed by atoms with E-state index in [-0.39, 0.29) is 18.1 Å². The summed E-state index contributed by atoms with van der Waals surface area (Å²) in [5, 5.41) is 11.9. The summed E-state index contributed by atoms with van der Waals surface area (Å²) < 4.78 is 0. The number of rotatable bonds is 1. The molecule has 0 bridgehead atoms. The van der Waals surface area contributed by atoms with Gasteiger partial charge < -0.3 is 16.2 Å². The number of aliphatic hydroxyl groups is 1. The quantitative estimate of drug-likeness (QED) is 0.423. The summed E-state index contributed by atoms with van der Waals surface area (Å²) in [6.07, 6.45) is 0. The highest BCUT2D eigenvalue weighted by Gasteiger charge is 2.33. The van der Waals surface area contributed by atoms with Crippen LogP contribution in [-0.4, -0.2) is 30.3 Å². The summed E-state index contributed by atoms with van der Waals surface area (Å²) in [7, 11) is 0. The molecule has 0 aliphatic carbocycles. The molecule has 1 rings (SSSR count). The van der Waals surface area contributed by atoms with E-state index >= 15 is 0 Å². The average molecular weight is 130 g/mol. The second-order valence-corrected chi connectivity index (χ2v) is 3.02. The van der Waals surface area contributed by atoms with Crippen molar-refractivity contribution in [2.24, 2.45) is 11.7 Å². The molecule has 4 N–H and O–H groups in total. The third kappa shape index (κ3) is 1.23. The third-order valence-electron chi connectivity index (χ3n) is 2.05. The van der Waals surface area contributed by atoms with Gasteiger partial charge in [-0.25, -0.2) is 0 Å².